The number of rotatable bonds is 4. The van der Waals surface area contributed by atoms with Crippen molar-refractivity contribution in [2.75, 3.05) is 18.4 Å². The molecule has 2 aromatic carbocycles. The van der Waals surface area contributed by atoms with Crippen LogP contribution in [0.2, 0.25) is 0 Å². The number of likely N-dealkylation sites (tertiary alicyclic amines) is 1. The van der Waals surface area contributed by atoms with E-state index < -0.39 is 5.60 Å². The molecule has 2 amide bonds. The molecule has 1 saturated heterocycles. The summed E-state index contributed by atoms with van der Waals surface area (Å²) in [6.45, 7) is 7.23. The van der Waals surface area contributed by atoms with E-state index in [2.05, 4.69) is 11.4 Å². The molecule has 0 spiro atoms. The highest BCUT2D eigenvalue weighted by Crippen LogP contribution is 2.30. The van der Waals surface area contributed by atoms with E-state index in [0.717, 1.165) is 17.7 Å². The minimum absolute atomic E-state index is 0.194. The zero-order valence-electron chi connectivity index (χ0n) is 16.0. The fraction of sp³-hybridized carbons (Fsp3) is 0.364. The second kappa shape index (κ2) is 7.71. The van der Waals surface area contributed by atoms with E-state index >= 15 is 0 Å². The van der Waals surface area contributed by atoms with Gasteiger partial charge >= 0.3 is 6.03 Å². The van der Waals surface area contributed by atoms with Crippen LogP contribution in [0, 0.1) is 11.3 Å². The number of nitriles is 1. The molecule has 1 atom stereocenters. The molecule has 140 valence electrons. The van der Waals surface area contributed by atoms with Crippen molar-refractivity contribution >= 4 is 11.7 Å². The molecule has 1 aliphatic rings. The number of para-hydroxylation sites is 2. The molecule has 27 heavy (non-hydrogen) atoms. The molecule has 1 fully saturated rings. The number of amides is 2. The maximum atomic E-state index is 12.8. The van der Waals surface area contributed by atoms with Crippen molar-refractivity contribution in [2.45, 2.75) is 38.7 Å². The highest BCUT2D eigenvalue weighted by atomic mass is 16.5. The smallest absolute Gasteiger partial charge is 0.322 e. The number of carbonyl (C=O) groups is 1. The molecule has 3 rings (SSSR count). The molecule has 0 bridgehead atoms. The maximum absolute atomic E-state index is 12.8. The van der Waals surface area contributed by atoms with Crippen molar-refractivity contribution in [1.82, 2.24) is 4.90 Å². The Labute approximate surface area is 160 Å². The van der Waals surface area contributed by atoms with Gasteiger partial charge in [-0.15, -0.1) is 0 Å². The van der Waals surface area contributed by atoms with Gasteiger partial charge in [-0.05, 0) is 36.6 Å². The van der Waals surface area contributed by atoms with Crippen LogP contribution in [0.15, 0.2) is 48.5 Å². The fourth-order valence-electron chi connectivity index (χ4n) is 3.43. The van der Waals surface area contributed by atoms with Crippen molar-refractivity contribution in [1.29, 1.82) is 5.26 Å². The van der Waals surface area contributed by atoms with Gasteiger partial charge in [0.1, 0.15) is 17.4 Å². The van der Waals surface area contributed by atoms with E-state index in [1.54, 1.807) is 11.0 Å². The van der Waals surface area contributed by atoms with Gasteiger partial charge < -0.3 is 15.0 Å². The Morgan fingerprint density at radius 2 is 1.96 bits per heavy atom. The lowest BCUT2D eigenvalue weighted by Gasteiger charge is -2.26. The van der Waals surface area contributed by atoms with Crippen LogP contribution in [-0.4, -0.2) is 29.6 Å². The van der Waals surface area contributed by atoms with E-state index in [-0.39, 0.29) is 11.9 Å². The average Bonchev–Trinajstić information content (AvgIpc) is 3.04. The minimum Gasteiger partial charge on any atom is -0.486 e. The highest BCUT2D eigenvalue weighted by Gasteiger charge is 2.38. The largest absolute Gasteiger partial charge is 0.486 e. The van der Waals surface area contributed by atoms with Gasteiger partial charge in [-0.2, -0.15) is 5.26 Å². The number of hydrogen-bond acceptors (Lipinski definition) is 3. The third-order valence-electron chi connectivity index (χ3n) is 4.90. The van der Waals surface area contributed by atoms with Crippen LogP contribution < -0.4 is 10.1 Å². The van der Waals surface area contributed by atoms with Crippen LogP contribution >= 0.6 is 0 Å². The monoisotopic (exact) mass is 363 g/mol. The van der Waals surface area contributed by atoms with Gasteiger partial charge in [0.25, 0.3) is 0 Å². The van der Waals surface area contributed by atoms with Gasteiger partial charge in [0, 0.05) is 13.0 Å². The number of ether oxygens (including phenoxy) is 1. The van der Waals surface area contributed by atoms with Crippen molar-refractivity contribution in [3.05, 3.63) is 59.7 Å². The molecule has 0 aromatic heterocycles. The van der Waals surface area contributed by atoms with E-state index in [1.165, 1.54) is 0 Å². The van der Waals surface area contributed by atoms with Gasteiger partial charge in [0.15, 0.2) is 0 Å². The van der Waals surface area contributed by atoms with Crippen LogP contribution in [0.5, 0.6) is 5.75 Å². The predicted octanol–water partition coefficient (Wildman–Crippen LogP) is 4.76. The Balaban J connectivity index is 1.72. The standard InChI is InChI=1S/C22H25N3O2/c1-16(2)19-11-7-8-17(14-23)20(19)24-21(26)25-13-12-22(3,15-25)27-18-9-5-4-6-10-18/h4-11,16H,12-13,15H2,1-3H3,(H,24,26). The normalized spacial score (nSPS) is 19.0. The zero-order valence-corrected chi connectivity index (χ0v) is 16.0. The van der Waals surface area contributed by atoms with Crippen LogP contribution in [0.3, 0.4) is 0 Å². The molecule has 1 unspecified atom stereocenters. The Bertz CT molecular complexity index is 858. The van der Waals surface area contributed by atoms with Crippen LogP contribution in [0.25, 0.3) is 0 Å². The molecule has 0 radical (unpaired) electrons. The molecule has 0 aliphatic carbocycles. The molecule has 5 nitrogen and oxygen atoms in total. The van der Waals surface area contributed by atoms with Gasteiger partial charge in [-0.3, -0.25) is 0 Å². The van der Waals surface area contributed by atoms with Gasteiger partial charge in [-0.1, -0.05) is 44.2 Å². The fourth-order valence-corrected chi connectivity index (χ4v) is 3.43. The van der Waals surface area contributed by atoms with Gasteiger partial charge in [-0.25, -0.2) is 4.79 Å². The highest BCUT2D eigenvalue weighted by molar-refractivity contribution is 5.92. The van der Waals surface area contributed by atoms with Crippen molar-refractivity contribution in [2.24, 2.45) is 0 Å². The van der Waals surface area contributed by atoms with E-state index in [0.29, 0.717) is 24.3 Å². The minimum atomic E-state index is -0.422. The molecule has 1 heterocycles. The molecule has 1 aliphatic heterocycles. The first-order valence-electron chi connectivity index (χ1n) is 9.25. The van der Waals surface area contributed by atoms with E-state index in [4.69, 9.17) is 4.74 Å². The number of anilines is 1. The third-order valence-corrected chi connectivity index (χ3v) is 4.90. The number of urea groups is 1. The molecule has 0 saturated carbocycles. The summed E-state index contributed by atoms with van der Waals surface area (Å²) in [5.74, 6) is 1.01. The van der Waals surface area contributed by atoms with E-state index in [9.17, 15) is 10.1 Å². The average molecular weight is 363 g/mol. The first-order valence-corrected chi connectivity index (χ1v) is 9.25. The van der Waals surface area contributed by atoms with E-state index in [1.807, 2.05) is 63.2 Å². The summed E-state index contributed by atoms with van der Waals surface area (Å²) in [6, 6.07) is 17.2. The molecular weight excluding hydrogens is 338 g/mol. The molecular formula is C22H25N3O2. The molecule has 2 aromatic rings. The summed E-state index contributed by atoms with van der Waals surface area (Å²) in [6.07, 6.45) is 0.756. The first kappa shape index (κ1) is 18.8. The second-order valence-corrected chi connectivity index (χ2v) is 7.50. The molecule has 5 heteroatoms. The maximum Gasteiger partial charge on any atom is 0.322 e. The topological polar surface area (TPSA) is 65.4 Å². The lowest BCUT2D eigenvalue weighted by atomic mass is 9.98. The number of carbonyl (C=O) groups excluding carboxylic acids is 1. The van der Waals surface area contributed by atoms with Crippen molar-refractivity contribution in [3.63, 3.8) is 0 Å². The number of nitrogens with one attached hydrogen (secondary N) is 1. The van der Waals surface area contributed by atoms with Crippen LogP contribution in [-0.2, 0) is 0 Å². The quantitative estimate of drug-likeness (QED) is 0.852. The zero-order chi connectivity index (χ0) is 19.4. The summed E-state index contributed by atoms with van der Waals surface area (Å²) in [7, 11) is 0. The summed E-state index contributed by atoms with van der Waals surface area (Å²) >= 11 is 0. The van der Waals surface area contributed by atoms with Crippen molar-refractivity contribution < 1.29 is 9.53 Å². The Hall–Kier alpha value is -3.00. The molecule has 1 N–H and O–H groups in total. The van der Waals surface area contributed by atoms with Crippen molar-refractivity contribution in [3.8, 4) is 11.8 Å². The second-order valence-electron chi connectivity index (χ2n) is 7.50. The summed E-state index contributed by atoms with van der Waals surface area (Å²) in [4.78, 5) is 14.6. The lowest BCUT2D eigenvalue weighted by Crippen LogP contribution is -2.40. The Kier molecular flexibility index (Phi) is 5.36. The number of nitrogens with zero attached hydrogens (tertiary/aromatic N) is 2. The first-order chi connectivity index (χ1) is 12.9. The summed E-state index contributed by atoms with van der Waals surface area (Å²) in [5.41, 5.74) is 1.63. The van der Waals surface area contributed by atoms with Crippen LogP contribution in [0.1, 0.15) is 44.2 Å². The Morgan fingerprint density at radius 3 is 2.63 bits per heavy atom. The van der Waals surface area contributed by atoms with Crippen LogP contribution in [0.4, 0.5) is 10.5 Å². The predicted molar refractivity (Wildman–Crippen MR) is 106 cm³/mol. The number of benzene rings is 2. The van der Waals surface area contributed by atoms with Gasteiger partial charge in [0.2, 0.25) is 0 Å². The number of hydrogen-bond donors (Lipinski definition) is 1. The SMILES string of the molecule is CC(C)c1cccc(C#N)c1NC(=O)N1CCC(C)(Oc2ccccc2)C1. The summed E-state index contributed by atoms with van der Waals surface area (Å²) in [5, 5.41) is 12.4. The Morgan fingerprint density at radius 1 is 1.22 bits per heavy atom. The lowest BCUT2D eigenvalue weighted by molar-refractivity contribution is 0.100. The third kappa shape index (κ3) is 4.22. The van der Waals surface area contributed by atoms with Gasteiger partial charge in [0.05, 0.1) is 17.8 Å². The summed E-state index contributed by atoms with van der Waals surface area (Å²) < 4.78 is 6.13.